The van der Waals surface area contributed by atoms with Crippen molar-refractivity contribution in [2.75, 3.05) is 13.1 Å². The molecule has 0 bridgehead atoms. The molecule has 1 unspecified atom stereocenters. The lowest BCUT2D eigenvalue weighted by atomic mass is 9.96. The van der Waals surface area contributed by atoms with E-state index in [0.717, 1.165) is 30.9 Å². The average Bonchev–Trinajstić information content (AvgIpc) is 2.76. The average molecular weight is 231 g/mol. The van der Waals surface area contributed by atoms with E-state index in [0.29, 0.717) is 11.7 Å². The number of fused-ring (bicyclic) bond motifs is 1. The van der Waals surface area contributed by atoms with E-state index in [4.69, 9.17) is 0 Å². The topological polar surface area (TPSA) is 49.6 Å². The van der Waals surface area contributed by atoms with Crippen molar-refractivity contribution in [3.8, 4) is 5.75 Å². The van der Waals surface area contributed by atoms with E-state index < -0.39 is 0 Å². The molecule has 4 heteroatoms. The third-order valence-electron chi connectivity index (χ3n) is 3.50. The summed E-state index contributed by atoms with van der Waals surface area (Å²) in [5.74, 6) is 2.01. The van der Waals surface area contributed by atoms with E-state index in [2.05, 4.69) is 10.3 Å². The Balaban J connectivity index is 1.87. The van der Waals surface area contributed by atoms with Crippen molar-refractivity contribution in [3.05, 3.63) is 30.4 Å². The lowest BCUT2D eigenvalue weighted by molar-refractivity contribution is 0.370. The Morgan fingerprint density at radius 2 is 2.47 bits per heavy atom. The van der Waals surface area contributed by atoms with Crippen molar-refractivity contribution in [3.63, 3.8) is 0 Å². The summed E-state index contributed by atoms with van der Waals surface area (Å²) in [7, 11) is 0. The Morgan fingerprint density at radius 3 is 3.29 bits per heavy atom. The second-order valence-electron chi connectivity index (χ2n) is 4.74. The van der Waals surface area contributed by atoms with Crippen molar-refractivity contribution >= 4 is 5.52 Å². The van der Waals surface area contributed by atoms with Crippen molar-refractivity contribution in [2.45, 2.75) is 19.3 Å². The van der Waals surface area contributed by atoms with Crippen LogP contribution < -0.4 is 5.32 Å². The maximum Gasteiger partial charge on any atom is 0.141 e. The van der Waals surface area contributed by atoms with E-state index in [1.807, 2.05) is 16.7 Å². The van der Waals surface area contributed by atoms with Gasteiger partial charge in [-0.3, -0.25) is 0 Å². The zero-order valence-corrected chi connectivity index (χ0v) is 9.76. The molecule has 3 rings (SSSR count). The van der Waals surface area contributed by atoms with Gasteiger partial charge in [-0.2, -0.15) is 0 Å². The van der Waals surface area contributed by atoms with Gasteiger partial charge in [0, 0.05) is 12.6 Å². The maximum atomic E-state index is 9.72. The Hall–Kier alpha value is -1.55. The van der Waals surface area contributed by atoms with Crippen LogP contribution in [0.3, 0.4) is 0 Å². The van der Waals surface area contributed by atoms with Crippen LogP contribution >= 0.6 is 0 Å². The summed E-state index contributed by atoms with van der Waals surface area (Å²) < 4.78 is 1.99. The number of nitrogens with one attached hydrogen (secondary N) is 1. The van der Waals surface area contributed by atoms with Crippen LogP contribution in [0.5, 0.6) is 5.75 Å². The van der Waals surface area contributed by atoms with Gasteiger partial charge in [0.1, 0.15) is 17.1 Å². The van der Waals surface area contributed by atoms with Gasteiger partial charge in [-0.1, -0.05) is 0 Å². The van der Waals surface area contributed by atoms with Gasteiger partial charge in [0.25, 0.3) is 0 Å². The minimum absolute atomic E-state index is 0.299. The van der Waals surface area contributed by atoms with Crippen LogP contribution in [-0.4, -0.2) is 27.6 Å². The number of hydrogen-bond donors (Lipinski definition) is 2. The molecule has 2 aromatic heterocycles. The third kappa shape index (κ3) is 2.00. The molecule has 0 amide bonds. The van der Waals surface area contributed by atoms with E-state index >= 15 is 0 Å². The van der Waals surface area contributed by atoms with Crippen molar-refractivity contribution in [2.24, 2.45) is 5.92 Å². The van der Waals surface area contributed by atoms with Crippen molar-refractivity contribution in [1.29, 1.82) is 0 Å². The monoisotopic (exact) mass is 231 g/mol. The molecule has 1 aliphatic heterocycles. The standard InChI is InChI=1S/C13H17N3O/c17-12-4-2-6-16-11(12)9-15-13(16)7-10-3-1-5-14-8-10/h2,4,6,9-10,14,17H,1,3,5,7-8H2. The summed E-state index contributed by atoms with van der Waals surface area (Å²) in [5, 5.41) is 13.1. The summed E-state index contributed by atoms with van der Waals surface area (Å²) >= 11 is 0. The minimum Gasteiger partial charge on any atom is -0.506 e. The summed E-state index contributed by atoms with van der Waals surface area (Å²) in [5.41, 5.74) is 0.797. The first-order valence-electron chi connectivity index (χ1n) is 6.19. The normalized spacial score (nSPS) is 20.8. The van der Waals surface area contributed by atoms with Crippen LogP contribution in [0.15, 0.2) is 24.5 Å². The number of pyridine rings is 1. The smallest absolute Gasteiger partial charge is 0.141 e. The molecule has 17 heavy (non-hydrogen) atoms. The van der Waals surface area contributed by atoms with Crippen LogP contribution in [0.2, 0.25) is 0 Å². The lowest BCUT2D eigenvalue weighted by Gasteiger charge is -2.22. The lowest BCUT2D eigenvalue weighted by Crippen LogP contribution is -2.31. The van der Waals surface area contributed by atoms with Crippen molar-refractivity contribution in [1.82, 2.24) is 14.7 Å². The summed E-state index contributed by atoms with van der Waals surface area (Å²) in [6.45, 7) is 2.22. The summed E-state index contributed by atoms with van der Waals surface area (Å²) in [6.07, 6.45) is 7.21. The molecule has 0 aromatic carbocycles. The van der Waals surface area contributed by atoms with Crippen molar-refractivity contribution < 1.29 is 5.11 Å². The molecular weight excluding hydrogens is 214 g/mol. The van der Waals surface area contributed by atoms with Gasteiger partial charge in [0.2, 0.25) is 0 Å². The maximum absolute atomic E-state index is 9.72. The Morgan fingerprint density at radius 1 is 1.53 bits per heavy atom. The van der Waals surface area contributed by atoms with Gasteiger partial charge in [-0.15, -0.1) is 0 Å². The van der Waals surface area contributed by atoms with Gasteiger partial charge in [-0.25, -0.2) is 4.98 Å². The molecule has 0 radical (unpaired) electrons. The van der Waals surface area contributed by atoms with E-state index in [9.17, 15) is 5.11 Å². The summed E-state index contributed by atoms with van der Waals surface area (Å²) in [6, 6.07) is 3.55. The molecule has 2 aromatic rings. The molecule has 1 atom stereocenters. The number of imidazole rings is 1. The van der Waals surface area contributed by atoms with E-state index in [-0.39, 0.29) is 0 Å². The highest BCUT2D eigenvalue weighted by atomic mass is 16.3. The number of aromatic nitrogens is 2. The van der Waals surface area contributed by atoms with E-state index in [1.165, 1.54) is 12.8 Å². The van der Waals surface area contributed by atoms with Gasteiger partial charge in [-0.05, 0) is 44.0 Å². The number of aromatic hydroxyl groups is 1. The molecular formula is C13H17N3O. The molecule has 3 heterocycles. The van der Waals surface area contributed by atoms with Gasteiger partial charge in [0.15, 0.2) is 0 Å². The molecule has 90 valence electrons. The highest BCUT2D eigenvalue weighted by molar-refractivity contribution is 5.58. The molecule has 4 nitrogen and oxygen atoms in total. The van der Waals surface area contributed by atoms with E-state index in [1.54, 1.807) is 12.3 Å². The third-order valence-corrected chi connectivity index (χ3v) is 3.50. The zero-order chi connectivity index (χ0) is 11.7. The number of piperidine rings is 1. The first-order chi connectivity index (χ1) is 8.34. The van der Waals surface area contributed by atoms with Crippen LogP contribution in [0.4, 0.5) is 0 Å². The fourth-order valence-corrected chi connectivity index (χ4v) is 2.57. The van der Waals surface area contributed by atoms with Gasteiger partial charge in [0.05, 0.1) is 6.20 Å². The molecule has 0 saturated carbocycles. The van der Waals surface area contributed by atoms with Crippen LogP contribution in [-0.2, 0) is 6.42 Å². The molecule has 2 N–H and O–H groups in total. The molecule has 1 fully saturated rings. The molecule has 0 spiro atoms. The minimum atomic E-state index is 0.299. The second-order valence-corrected chi connectivity index (χ2v) is 4.74. The van der Waals surface area contributed by atoms with Crippen LogP contribution in [0.1, 0.15) is 18.7 Å². The number of hydrogen-bond acceptors (Lipinski definition) is 3. The highest BCUT2D eigenvalue weighted by Crippen LogP contribution is 2.21. The fraction of sp³-hybridized carbons (Fsp3) is 0.462. The fourth-order valence-electron chi connectivity index (χ4n) is 2.57. The SMILES string of the molecule is Oc1cccn2c(CC3CCCNC3)ncc12. The van der Waals surface area contributed by atoms with Gasteiger partial charge < -0.3 is 14.8 Å². The molecule has 1 aliphatic rings. The number of rotatable bonds is 2. The Labute approximate surface area is 100 Å². The Kier molecular flexibility index (Phi) is 2.73. The highest BCUT2D eigenvalue weighted by Gasteiger charge is 2.16. The second kappa shape index (κ2) is 4.37. The quantitative estimate of drug-likeness (QED) is 0.825. The largest absolute Gasteiger partial charge is 0.506 e. The summed E-state index contributed by atoms with van der Waals surface area (Å²) in [4.78, 5) is 4.43. The number of nitrogens with zero attached hydrogens (tertiary/aromatic N) is 2. The van der Waals surface area contributed by atoms with Crippen LogP contribution in [0, 0.1) is 5.92 Å². The van der Waals surface area contributed by atoms with Gasteiger partial charge >= 0.3 is 0 Å². The Bertz CT molecular complexity index is 514. The first-order valence-corrected chi connectivity index (χ1v) is 6.19. The molecule has 1 saturated heterocycles. The predicted octanol–water partition coefficient (Wildman–Crippen LogP) is 1.58. The zero-order valence-electron chi connectivity index (χ0n) is 9.76. The molecule has 0 aliphatic carbocycles. The predicted molar refractivity (Wildman–Crippen MR) is 66.2 cm³/mol. The first kappa shape index (κ1) is 10.6. The van der Waals surface area contributed by atoms with Crippen LogP contribution in [0.25, 0.3) is 5.52 Å².